The third kappa shape index (κ3) is 23.5. The number of hydrogen-bond donors (Lipinski definition) is 1. The van der Waals surface area contributed by atoms with Gasteiger partial charge in [0.25, 0.3) is 0 Å². The van der Waals surface area contributed by atoms with E-state index in [1.54, 1.807) is 0 Å². The highest BCUT2D eigenvalue weighted by atomic mass is 16.4. The first-order valence-electron chi connectivity index (χ1n) is 12.9. The van der Waals surface area contributed by atoms with Gasteiger partial charge in [0.05, 0.1) is 0 Å². The van der Waals surface area contributed by atoms with Crippen LogP contribution in [0, 0.1) is 5.92 Å². The van der Waals surface area contributed by atoms with E-state index in [-0.39, 0.29) is 0 Å². The van der Waals surface area contributed by atoms with Gasteiger partial charge in [-0.3, -0.25) is 4.79 Å². The molecule has 0 aromatic rings. The molecular formula is C26H52O2. The van der Waals surface area contributed by atoms with Crippen molar-refractivity contribution in [2.45, 2.75) is 155 Å². The highest BCUT2D eigenvalue weighted by molar-refractivity contribution is 5.66. The maximum atomic E-state index is 10.4. The zero-order valence-corrected chi connectivity index (χ0v) is 19.5. The molecule has 0 bridgehead atoms. The van der Waals surface area contributed by atoms with Crippen molar-refractivity contribution in [3.05, 3.63) is 0 Å². The molecule has 0 heterocycles. The van der Waals surface area contributed by atoms with Crippen molar-refractivity contribution < 1.29 is 9.90 Å². The molecule has 1 N–H and O–H groups in total. The zero-order chi connectivity index (χ0) is 20.7. The lowest BCUT2D eigenvalue weighted by Crippen LogP contribution is -1.94. The molecule has 0 aliphatic carbocycles. The summed E-state index contributed by atoms with van der Waals surface area (Å²) in [5, 5.41) is 8.59. The van der Waals surface area contributed by atoms with Crippen LogP contribution in [0.25, 0.3) is 0 Å². The Morgan fingerprint density at radius 2 is 0.893 bits per heavy atom. The second-order valence-corrected chi connectivity index (χ2v) is 9.19. The zero-order valence-electron chi connectivity index (χ0n) is 19.5. The Bertz CT molecular complexity index is 314. The number of aliphatic carboxylic acids is 1. The lowest BCUT2D eigenvalue weighted by molar-refractivity contribution is -0.137. The highest BCUT2D eigenvalue weighted by Crippen LogP contribution is 2.18. The minimum absolute atomic E-state index is 0.346. The molecule has 0 aromatic heterocycles. The minimum Gasteiger partial charge on any atom is -0.481 e. The lowest BCUT2D eigenvalue weighted by atomic mass is 9.97. The summed E-state index contributed by atoms with van der Waals surface area (Å²) in [6.07, 6.45) is 29.0. The topological polar surface area (TPSA) is 37.3 Å². The summed E-state index contributed by atoms with van der Waals surface area (Å²) in [5.74, 6) is 0.298. The van der Waals surface area contributed by atoms with Crippen LogP contribution in [0.3, 0.4) is 0 Å². The number of carboxylic acid groups (broad SMARTS) is 1. The SMILES string of the molecule is CCCC[C@H](C)CCCCCCCCCCCCCCCCCCCC(=O)O. The summed E-state index contributed by atoms with van der Waals surface area (Å²) in [5.41, 5.74) is 0. The van der Waals surface area contributed by atoms with Crippen molar-refractivity contribution in [3.8, 4) is 0 Å². The fourth-order valence-electron chi connectivity index (χ4n) is 4.12. The molecule has 28 heavy (non-hydrogen) atoms. The van der Waals surface area contributed by atoms with E-state index in [4.69, 9.17) is 5.11 Å². The van der Waals surface area contributed by atoms with E-state index in [0.717, 1.165) is 18.8 Å². The Labute approximate surface area is 177 Å². The molecule has 0 saturated heterocycles. The molecule has 0 aliphatic rings. The Balaban J connectivity index is 3.06. The van der Waals surface area contributed by atoms with Gasteiger partial charge >= 0.3 is 5.97 Å². The van der Waals surface area contributed by atoms with Gasteiger partial charge in [-0.05, 0) is 12.3 Å². The molecule has 2 heteroatoms. The van der Waals surface area contributed by atoms with Gasteiger partial charge in [0.2, 0.25) is 0 Å². The standard InChI is InChI=1S/C26H52O2/c1-3-4-22-25(2)23-20-18-16-14-12-10-8-6-5-7-9-11-13-15-17-19-21-24-26(27)28/h25H,3-24H2,1-2H3,(H,27,28)/t25-/m0/s1. The average Bonchev–Trinajstić information content (AvgIpc) is 2.67. The van der Waals surface area contributed by atoms with Crippen LogP contribution < -0.4 is 0 Å². The second kappa shape index (κ2) is 22.8. The molecule has 0 rings (SSSR count). The van der Waals surface area contributed by atoms with Crippen molar-refractivity contribution in [1.29, 1.82) is 0 Å². The largest absolute Gasteiger partial charge is 0.481 e. The Hall–Kier alpha value is -0.530. The number of carbonyl (C=O) groups is 1. The van der Waals surface area contributed by atoms with Crippen LogP contribution in [0.1, 0.15) is 155 Å². The first-order valence-corrected chi connectivity index (χ1v) is 12.9. The molecule has 0 aromatic carbocycles. The first-order chi connectivity index (χ1) is 13.7. The Kier molecular flexibility index (Phi) is 22.3. The van der Waals surface area contributed by atoms with E-state index in [2.05, 4.69) is 13.8 Å². The quantitative estimate of drug-likeness (QED) is 0.175. The molecule has 0 spiro atoms. The fourth-order valence-corrected chi connectivity index (χ4v) is 4.12. The third-order valence-corrected chi connectivity index (χ3v) is 6.14. The van der Waals surface area contributed by atoms with Gasteiger partial charge in [0.1, 0.15) is 0 Å². The number of hydrogen-bond acceptors (Lipinski definition) is 1. The molecule has 0 unspecified atom stereocenters. The van der Waals surface area contributed by atoms with Crippen LogP contribution >= 0.6 is 0 Å². The summed E-state index contributed by atoms with van der Waals surface area (Å²) in [6, 6.07) is 0. The van der Waals surface area contributed by atoms with Crippen LogP contribution in [0.5, 0.6) is 0 Å². The summed E-state index contributed by atoms with van der Waals surface area (Å²) >= 11 is 0. The van der Waals surface area contributed by atoms with Gasteiger partial charge in [-0.25, -0.2) is 0 Å². The number of rotatable bonds is 23. The van der Waals surface area contributed by atoms with Crippen molar-refractivity contribution in [1.82, 2.24) is 0 Å². The van der Waals surface area contributed by atoms with Gasteiger partial charge in [0, 0.05) is 6.42 Å². The molecule has 1 atom stereocenters. The van der Waals surface area contributed by atoms with E-state index in [9.17, 15) is 4.79 Å². The van der Waals surface area contributed by atoms with Crippen molar-refractivity contribution in [2.24, 2.45) is 5.92 Å². The van der Waals surface area contributed by atoms with Crippen molar-refractivity contribution in [2.75, 3.05) is 0 Å². The third-order valence-electron chi connectivity index (χ3n) is 6.14. The van der Waals surface area contributed by atoms with E-state index >= 15 is 0 Å². The molecule has 168 valence electrons. The van der Waals surface area contributed by atoms with Crippen LogP contribution in [-0.2, 0) is 4.79 Å². The molecule has 0 saturated carbocycles. The monoisotopic (exact) mass is 396 g/mol. The maximum absolute atomic E-state index is 10.4. The number of carboxylic acids is 1. The van der Waals surface area contributed by atoms with E-state index in [1.807, 2.05) is 0 Å². The molecule has 0 amide bonds. The lowest BCUT2D eigenvalue weighted by Gasteiger charge is -2.10. The Morgan fingerprint density at radius 1 is 0.571 bits per heavy atom. The number of unbranched alkanes of at least 4 members (excludes halogenated alkanes) is 17. The van der Waals surface area contributed by atoms with Gasteiger partial charge in [-0.1, -0.05) is 142 Å². The molecule has 0 radical (unpaired) electrons. The predicted molar refractivity (Wildman–Crippen MR) is 124 cm³/mol. The molecule has 0 aliphatic heterocycles. The first kappa shape index (κ1) is 27.5. The van der Waals surface area contributed by atoms with Crippen LogP contribution in [0.2, 0.25) is 0 Å². The average molecular weight is 397 g/mol. The smallest absolute Gasteiger partial charge is 0.303 e. The normalized spacial score (nSPS) is 12.4. The predicted octanol–water partition coefficient (Wildman–Crippen LogP) is 9.31. The maximum Gasteiger partial charge on any atom is 0.303 e. The van der Waals surface area contributed by atoms with Crippen molar-refractivity contribution >= 4 is 5.97 Å². The molecule has 0 fully saturated rings. The highest BCUT2D eigenvalue weighted by Gasteiger charge is 2.01. The van der Waals surface area contributed by atoms with Crippen LogP contribution in [-0.4, -0.2) is 11.1 Å². The fraction of sp³-hybridized carbons (Fsp3) is 0.962. The summed E-state index contributed by atoms with van der Waals surface area (Å²) in [7, 11) is 0. The van der Waals surface area contributed by atoms with Gasteiger partial charge < -0.3 is 5.11 Å². The van der Waals surface area contributed by atoms with E-state index in [1.165, 1.54) is 122 Å². The van der Waals surface area contributed by atoms with Crippen LogP contribution in [0.15, 0.2) is 0 Å². The van der Waals surface area contributed by atoms with Crippen LogP contribution in [0.4, 0.5) is 0 Å². The van der Waals surface area contributed by atoms with E-state index in [0.29, 0.717) is 6.42 Å². The second-order valence-electron chi connectivity index (χ2n) is 9.19. The molecular weight excluding hydrogens is 344 g/mol. The summed E-state index contributed by atoms with van der Waals surface area (Å²) in [6.45, 7) is 4.73. The van der Waals surface area contributed by atoms with Gasteiger partial charge in [-0.15, -0.1) is 0 Å². The van der Waals surface area contributed by atoms with Crippen molar-refractivity contribution in [3.63, 3.8) is 0 Å². The summed E-state index contributed by atoms with van der Waals surface area (Å²) in [4.78, 5) is 10.4. The van der Waals surface area contributed by atoms with Gasteiger partial charge in [-0.2, -0.15) is 0 Å². The van der Waals surface area contributed by atoms with E-state index < -0.39 is 5.97 Å². The summed E-state index contributed by atoms with van der Waals surface area (Å²) < 4.78 is 0. The Morgan fingerprint density at radius 3 is 1.25 bits per heavy atom. The minimum atomic E-state index is -0.650. The molecule has 2 nitrogen and oxygen atoms in total. The van der Waals surface area contributed by atoms with Gasteiger partial charge in [0.15, 0.2) is 0 Å².